The van der Waals surface area contributed by atoms with E-state index in [1.807, 2.05) is 189 Å². The molecule has 3 aliphatic carbocycles. The summed E-state index contributed by atoms with van der Waals surface area (Å²) in [5.41, 5.74) is 7.49. The molecule has 2 atom stereocenters. The van der Waals surface area contributed by atoms with Crippen molar-refractivity contribution in [2.24, 2.45) is 5.92 Å². The summed E-state index contributed by atoms with van der Waals surface area (Å²) in [4.78, 5) is 2.03. The smallest absolute Gasteiger partial charge is 0.378 e. The molecule has 1 N–H and O–H groups in total. The van der Waals surface area contributed by atoms with Crippen LogP contribution in [-0.4, -0.2) is 20.0 Å². The monoisotopic (exact) mass is 1070 g/mol. The average Bonchev–Trinajstić information content (AvgIpc) is 4.03. The number of allylic oxidation sites excluding steroid dienone is 4. The van der Waals surface area contributed by atoms with Crippen LogP contribution >= 0.6 is 0 Å². The van der Waals surface area contributed by atoms with E-state index in [1.54, 1.807) is 0 Å². The van der Waals surface area contributed by atoms with Crippen LogP contribution in [0.5, 0.6) is 0 Å². The van der Waals surface area contributed by atoms with Gasteiger partial charge >= 0.3 is 15.6 Å². The lowest BCUT2D eigenvalue weighted by atomic mass is 9.75. The molecule has 2 unspecified atom stereocenters. The van der Waals surface area contributed by atoms with Gasteiger partial charge in [-0.3, -0.25) is 0 Å². The average molecular weight is 1070 g/mol. The number of rotatable bonds is 11. The third-order valence-electron chi connectivity index (χ3n) is 14.8. The maximum Gasteiger partial charge on any atom is 0.534 e. The predicted octanol–water partition coefficient (Wildman–Crippen LogP) is 18.9. The van der Waals surface area contributed by atoms with E-state index in [4.69, 9.17) is 4.18 Å². The number of benzene rings is 9. The molecule has 0 aliphatic heterocycles. The summed E-state index contributed by atoms with van der Waals surface area (Å²) < 4.78 is 75.6. The van der Waals surface area contributed by atoms with Crippen molar-refractivity contribution < 1.29 is 25.8 Å². The molecule has 396 valence electrons. The molecule has 0 radical (unpaired) electrons. The first-order chi connectivity index (χ1) is 38.3. The predicted molar refractivity (Wildman–Crippen MR) is 320 cm³/mol. The molecule has 0 spiro atoms. The SMILES string of the molecule is CC.CC1(C)c2ccccc2-c2ccc(N(C3=CC(OS(=O)(=O)C(F)(F)F)=C(C4C(c5ccccc5)=CC=CC4Nc4cccc(-c5ccccc5)c4)CC3)c3cccc(-c4ccccc4)c3)cc21.c1ccc2ccccc2c1. The summed E-state index contributed by atoms with van der Waals surface area (Å²) in [6, 6.07) is 76.4. The molecule has 0 heterocycles. The number of hydrogen-bond acceptors (Lipinski definition) is 5. The van der Waals surface area contributed by atoms with Crippen LogP contribution in [0.4, 0.5) is 30.2 Å². The topological polar surface area (TPSA) is 58.6 Å². The van der Waals surface area contributed by atoms with Crippen molar-refractivity contribution in [2.75, 3.05) is 10.2 Å². The van der Waals surface area contributed by atoms with Crippen LogP contribution in [0.2, 0.25) is 0 Å². The Morgan fingerprint density at radius 2 is 1.06 bits per heavy atom. The molecule has 0 saturated carbocycles. The number of alkyl halides is 3. The second-order valence-corrected chi connectivity index (χ2v) is 21.5. The van der Waals surface area contributed by atoms with E-state index in [2.05, 4.69) is 98.0 Å². The molecule has 9 heteroatoms. The number of nitrogens with one attached hydrogen (secondary N) is 1. The second-order valence-electron chi connectivity index (χ2n) is 20.0. The number of hydrogen-bond donors (Lipinski definition) is 1. The van der Waals surface area contributed by atoms with Crippen molar-refractivity contribution in [3.8, 4) is 33.4 Å². The standard InChI is InChI=1S/C58H47F3N2O3S.C10H8.C2H6/c1-57(2)52-29-13-12-27-49(52)50-33-31-46(37-53(50)57)63(45-26-15-24-43(36-45)40-19-8-4-9-20-40)47-32-34-51(55(38-47)66-67(64,65)58(59,60)61)56-48(41-21-10-5-11-22-41)28-16-30-54(56)62-44-25-14-23-42(35-44)39-17-6-3-7-18-39;1-2-6-10-8-4-3-7-9(10)5-1;1-2/h3-31,33,35-38,54,56,62H,32,34H2,1-2H3;1-8H;1-2H3. The number of nitrogens with zero attached hydrogens (tertiary/aromatic N) is 1. The van der Waals surface area contributed by atoms with E-state index in [0.29, 0.717) is 17.7 Å². The minimum Gasteiger partial charge on any atom is -0.378 e. The fourth-order valence-electron chi connectivity index (χ4n) is 11.1. The third-order valence-corrected chi connectivity index (χ3v) is 15.8. The molecule has 12 rings (SSSR count). The van der Waals surface area contributed by atoms with Crippen LogP contribution in [-0.2, 0) is 19.7 Å². The first-order valence-corrected chi connectivity index (χ1v) is 28.2. The molecular formula is C70H61F3N2O3S. The molecule has 0 amide bonds. The van der Waals surface area contributed by atoms with Crippen molar-refractivity contribution in [1.29, 1.82) is 0 Å². The van der Waals surface area contributed by atoms with Crippen LogP contribution in [0.25, 0.3) is 49.7 Å². The Balaban J connectivity index is 0.000000520. The van der Waals surface area contributed by atoms with Crippen LogP contribution in [0.1, 0.15) is 57.2 Å². The van der Waals surface area contributed by atoms with Gasteiger partial charge in [0.05, 0.1) is 6.04 Å². The van der Waals surface area contributed by atoms with E-state index in [0.717, 1.165) is 67.1 Å². The van der Waals surface area contributed by atoms with Crippen LogP contribution in [0.15, 0.2) is 272 Å². The van der Waals surface area contributed by atoms with Gasteiger partial charge in [-0.2, -0.15) is 21.6 Å². The van der Waals surface area contributed by atoms with Gasteiger partial charge in [0.15, 0.2) is 0 Å². The van der Waals surface area contributed by atoms with E-state index in [1.165, 1.54) is 22.4 Å². The highest BCUT2D eigenvalue weighted by atomic mass is 32.2. The molecule has 0 fully saturated rings. The first kappa shape index (κ1) is 53.7. The summed E-state index contributed by atoms with van der Waals surface area (Å²) >= 11 is 0. The van der Waals surface area contributed by atoms with Crippen LogP contribution in [0, 0.1) is 5.92 Å². The van der Waals surface area contributed by atoms with Crippen LogP contribution < -0.4 is 10.2 Å². The summed E-state index contributed by atoms with van der Waals surface area (Å²) in [6.07, 6.45) is 7.91. The molecule has 79 heavy (non-hydrogen) atoms. The maximum atomic E-state index is 14.5. The largest absolute Gasteiger partial charge is 0.534 e. The van der Waals surface area contributed by atoms with Gasteiger partial charge in [-0.1, -0.05) is 240 Å². The fraction of sp³-hybridized carbons (Fsp3) is 0.143. The van der Waals surface area contributed by atoms with Gasteiger partial charge in [0.2, 0.25) is 0 Å². The molecule has 0 bridgehead atoms. The maximum absolute atomic E-state index is 14.5. The Hall–Kier alpha value is -8.66. The lowest BCUT2D eigenvalue weighted by Crippen LogP contribution is -2.34. The Morgan fingerprint density at radius 1 is 0.544 bits per heavy atom. The summed E-state index contributed by atoms with van der Waals surface area (Å²) in [7, 11) is -6.12. The van der Waals surface area contributed by atoms with Crippen molar-refractivity contribution in [1.82, 2.24) is 0 Å². The number of halogens is 3. The van der Waals surface area contributed by atoms with E-state index in [9.17, 15) is 21.6 Å². The quantitative estimate of drug-likeness (QED) is 0.103. The van der Waals surface area contributed by atoms with Gasteiger partial charge in [0, 0.05) is 40.2 Å². The van der Waals surface area contributed by atoms with Crippen molar-refractivity contribution in [3.05, 3.63) is 289 Å². The zero-order valence-corrected chi connectivity index (χ0v) is 45.3. The van der Waals surface area contributed by atoms with E-state index < -0.39 is 27.6 Å². The van der Waals surface area contributed by atoms with Gasteiger partial charge < -0.3 is 14.4 Å². The highest BCUT2D eigenvalue weighted by molar-refractivity contribution is 7.87. The lowest BCUT2D eigenvalue weighted by molar-refractivity contribution is -0.0520. The van der Waals surface area contributed by atoms with Gasteiger partial charge in [0.25, 0.3) is 0 Å². The minimum atomic E-state index is -6.12. The van der Waals surface area contributed by atoms with Gasteiger partial charge in [-0.25, -0.2) is 0 Å². The zero-order valence-electron chi connectivity index (χ0n) is 44.5. The van der Waals surface area contributed by atoms with Crippen molar-refractivity contribution >= 4 is 43.5 Å². The number of fused-ring (bicyclic) bond motifs is 4. The highest BCUT2D eigenvalue weighted by Gasteiger charge is 2.50. The summed E-state index contributed by atoms with van der Waals surface area (Å²) in [5.74, 6) is -0.998. The first-order valence-electron chi connectivity index (χ1n) is 26.8. The summed E-state index contributed by atoms with van der Waals surface area (Å²) in [6.45, 7) is 8.40. The van der Waals surface area contributed by atoms with E-state index >= 15 is 0 Å². The van der Waals surface area contributed by atoms with Gasteiger partial charge in [-0.05, 0) is 121 Å². The zero-order chi connectivity index (χ0) is 55.2. The van der Waals surface area contributed by atoms with Gasteiger partial charge in [-0.15, -0.1) is 0 Å². The Bertz CT molecular complexity index is 3800. The second kappa shape index (κ2) is 23.1. The Labute approximate surface area is 462 Å². The molecule has 9 aromatic rings. The van der Waals surface area contributed by atoms with Crippen molar-refractivity contribution in [2.45, 2.75) is 57.5 Å². The molecule has 0 aromatic heterocycles. The normalized spacial score (nSPS) is 16.2. The van der Waals surface area contributed by atoms with Gasteiger partial charge in [0.1, 0.15) is 5.76 Å². The third kappa shape index (κ3) is 11.4. The van der Waals surface area contributed by atoms with Crippen molar-refractivity contribution in [3.63, 3.8) is 0 Å². The number of anilines is 3. The lowest BCUT2D eigenvalue weighted by Gasteiger charge is -2.37. The minimum absolute atomic E-state index is 0.191. The molecule has 5 nitrogen and oxygen atoms in total. The summed E-state index contributed by atoms with van der Waals surface area (Å²) in [5, 5.41) is 6.30. The molecule has 0 saturated heterocycles. The molecular weight excluding hydrogens is 1010 g/mol. The van der Waals surface area contributed by atoms with E-state index in [-0.39, 0.29) is 17.6 Å². The fourth-order valence-corrected chi connectivity index (χ4v) is 11.6. The van der Waals surface area contributed by atoms with Crippen LogP contribution in [0.3, 0.4) is 0 Å². The molecule has 3 aliphatic rings. The highest BCUT2D eigenvalue weighted by Crippen LogP contribution is 2.52. The Morgan fingerprint density at radius 3 is 1.68 bits per heavy atom. The Kier molecular flexibility index (Phi) is 15.7. The molecule has 9 aromatic carbocycles.